The van der Waals surface area contributed by atoms with E-state index in [1.807, 2.05) is 18.2 Å². The number of carbonyl (C=O) groups excluding carboxylic acids is 1. The predicted molar refractivity (Wildman–Crippen MR) is 98.2 cm³/mol. The van der Waals surface area contributed by atoms with Gasteiger partial charge in [-0.1, -0.05) is 30.3 Å². The first-order valence-electron chi connectivity index (χ1n) is 8.59. The molecule has 0 atom stereocenters. The summed E-state index contributed by atoms with van der Waals surface area (Å²) in [5, 5.41) is 2.76. The van der Waals surface area contributed by atoms with Crippen molar-refractivity contribution in [3.05, 3.63) is 60.2 Å². The fraction of sp³-hybridized carbons (Fsp3) is 0.316. The highest BCUT2D eigenvalue weighted by molar-refractivity contribution is 7.89. The van der Waals surface area contributed by atoms with Crippen LogP contribution in [0.4, 0.5) is 0 Å². The Balaban J connectivity index is 1.50. The first kappa shape index (κ1) is 18.4. The average molecular weight is 374 g/mol. The van der Waals surface area contributed by atoms with E-state index in [9.17, 15) is 13.2 Å². The van der Waals surface area contributed by atoms with E-state index in [4.69, 9.17) is 4.74 Å². The Hall–Kier alpha value is -2.38. The van der Waals surface area contributed by atoms with Gasteiger partial charge in [0, 0.05) is 19.6 Å². The summed E-state index contributed by atoms with van der Waals surface area (Å²) in [6, 6.07) is 15.8. The summed E-state index contributed by atoms with van der Waals surface area (Å²) in [5.74, 6) is 0.404. The van der Waals surface area contributed by atoms with Crippen molar-refractivity contribution >= 4 is 15.9 Å². The molecular formula is C19H22N2O4S. The molecule has 1 heterocycles. The summed E-state index contributed by atoms with van der Waals surface area (Å²) in [4.78, 5) is 12.1. The van der Waals surface area contributed by atoms with Gasteiger partial charge in [-0.3, -0.25) is 4.79 Å². The molecule has 0 unspecified atom stereocenters. The molecule has 2 aromatic carbocycles. The fourth-order valence-corrected chi connectivity index (χ4v) is 4.29. The first-order chi connectivity index (χ1) is 12.6. The minimum absolute atomic E-state index is 0.0641. The summed E-state index contributed by atoms with van der Waals surface area (Å²) in [6.45, 7) is 1.43. The van der Waals surface area contributed by atoms with Gasteiger partial charge in [-0.25, -0.2) is 8.42 Å². The van der Waals surface area contributed by atoms with Crippen LogP contribution in [0.25, 0.3) is 0 Å². The van der Waals surface area contributed by atoms with Gasteiger partial charge in [0.1, 0.15) is 5.75 Å². The second-order valence-corrected chi connectivity index (χ2v) is 8.07. The monoisotopic (exact) mass is 374 g/mol. The second kappa shape index (κ2) is 8.33. The average Bonchev–Trinajstić information content (AvgIpc) is 3.21. The van der Waals surface area contributed by atoms with Gasteiger partial charge in [-0.05, 0) is 42.7 Å². The molecule has 138 valence electrons. The lowest BCUT2D eigenvalue weighted by molar-refractivity contribution is -0.123. The molecule has 0 spiro atoms. The van der Waals surface area contributed by atoms with Crippen molar-refractivity contribution in [2.45, 2.75) is 24.3 Å². The minimum Gasteiger partial charge on any atom is -0.484 e. The lowest BCUT2D eigenvalue weighted by atomic mass is 10.2. The molecule has 7 heteroatoms. The minimum atomic E-state index is -3.40. The van der Waals surface area contributed by atoms with E-state index in [2.05, 4.69) is 5.32 Å². The number of para-hydroxylation sites is 1. The third-order valence-corrected chi connectivity index (χ3v) is 6.14. The van der Waals surface area contributed by atoms with Crippen molar-refractivity contribution in [2.24, 2.45) is 0 Å². The highest BCUT2D eigenvalue weighted by atomic mass is 32.2. The van der Waals surface area contributed by atoms with Gasteiger partial charge in [0.15, 0.2) is 6.61 Å². The van der Waals surface area contributed by atoms with Crippen LogP contribution in [0.15, 0.2) is 59.5 Å². The number of sulfonamides is 1. The zero-order valence-corrected chi connectivity index (χ0v) is 15.2. The SMILES string of the molecule is O=C(COc1ccccc1)NCc1ccc(S(=O)(=O)N2CCCC2)cc1. The van der Waals surface area contributed by atoms with Gasteiger partial charge in [0.2, 0.25) is 10.0 Å². The number of carbonyl (C=O) groups is 1. The maximum absolute atomic E-state index is 12.5. The molecule has 6 nitrogen and oxygen atoms in total. The van der Waals surface area contributed by atoms with Crippen LogP contribution in [0.5, 0.6) is 5.75 Å². The zero-order chi connectivity index (χ0) is 18.4. The molecule has 1 saturated heterocycles. The van der Waals surface area contributed by atoms with E-state index < -0.39 is 10.0 Å². The second-order valence-electron chi connectivity index (χ2n) is 6.13. The predicted octanol–water partition coefficient (Wildman–Crippen LogP) is 2.17. The Morgan fingerprint density at radius 1 is 1.00 bits per heavy atom. The molecule has 0 bridgehead atoms. The van der Waals surface area contributed by atoms with Gasteiger partial charge in [0.05, 0.1) is 4.90 Å². The quantitative estimate of drug-likeness (QED) is 0.806. The fourth-order valence-electron chi connectivity index (χ4n) is 2.77. The Morgan fingerprint density at radius 2 is 1.65 bits per heavy atom. The van der Waals surface area contributed by atoms with Crippen LogP contribution in [0.3, 0.4) is 0 Å². The van der Waals surface area contributed by atoms with Crippen molar-refractivity contribution in [3.63, 3.8) is 0 Å². The first-order valence-corrected chi connectivity index (χ1v) is 10.0. The smallest absolute Gasteiger partial charge is 0.258 e. The van der Waals surface area contributed by atoms with Crippen LogP contribution in [-0.2, 0) is 21.4 Å². The molecular weight excluding hydrogens is 352 g/mol. The molecule has 26 heavy (non-hydrogen) atoms. The van der Waals surface area contributed by atoms with E-state index in [-0.39, 0.29) is 12.5 Å². The van der Waals surface area contributed by atoms with E-state index >= 15 is 0 Å². The summed E-state index contributed by atoms with van der Waals surface area (Å²) in [6.07, 6.45) is 1.82. The Bertz CT molecular complexity index is 830. The van der Waals surface area contributed by atoms with Gasteiger partial charge in [-0.2, -0.15) is 4.31 Å². The van der Waals surface area contributed by atoms with Crippen LogP contribution in [-0.4, -0.2) is 38.3 Å². The lowest BCUT2D eigenvalue weighted by Gasteiger charge is -2.15. The van der Waals surface area contributed by atoms with Crippen LogP contribution in [0.2, 0.25) is 0 Å². The largest absolute Gasteiger partial charge is 0.484 e. The maximum Gasteiger partial charge on any atom is 0.258 e. The summed E-state index contributed by atoms with van der Waals surface area (Å²) >= 11 is 0. The third-order valence-electron chi connectivity index (χ3n) is 4.23. The molecule has 1 N–H and O–H groups in total. The van der Waals surface area contributed by atoms with Crippen molar-refractivity contribution in [1.29, 1.82) is 0 Å². The molecule has 1 fully saturated rings. The van der Waals surface area contributed by atoms with E-state index in [0.29, 0.717) is 30.3 Å². The lowest BCUT2D eigenvalue weighted by Crippen LogP contribution is -2.29. The highest BCUT2D eigenvalue weighted by Gasteiger charge is 2.26. The highest BCUT2D eigenvalue weighted by Crippen LogP contribution is 2.21. The van der Waals surface area contributed by atoms with Crippen LogP contribution in [0.1, 0.15) is 18.4 Å². The Morgan fingerprint density at radius 3 is 2.31 bits per heavy atom. The Kier molecular flexibility index (Phi) is 5.90. The maximum atomic E-state index is 12.5. The number of hydrogen-bond donors (Lipinski definition) is 1. The summed E-state index contributed by atoms with van der Waals surface area (Å²) in [5.41, 5.74) is 0.832. The molecule has 1 aliphatic heterocycles. The molecule has 0 aliphatic carbocycles. The number of ether oxygens (including phenoxy) is 1. The number of rotatable bonds is 7. The van der Waals surface area contributed by atoms with Gasteiger partial charge in [-0.15, -0.1) is 0 Å². The number of hydrogen-bond acceptors (Lipinski definition) is 4. The van der Waals surface area contributed by atoms with Crippen molar-refractivity contribution in [3.8, 4) is 5.75 Å². The van der Waals surface area contributed by atoms with Crippen molar-refractivity contribution in [2.75, 3.05) is 19.7 Å². The molecule has 2 aromatic rings. The van der Waals surface area contributed by atoms with E-state index in [1.165, 1.54) is 4.31 Å². The summed E-state index contributed by atoms with van der Waals surface area (Å²) < 4.78 is 31.8. The standard InChI is InChI=1S/C19H22N2O4S/c22-19(15-25-17-6-2-1-3-7-17)20-14-16-8-10-18(11-9-16)26(23,24)21-12-4-5-13-21/h1-3,6-11H,4-5,12-15H2,(H,20,22). The van der Waals surface area contributed by atoms with Crippen LogP contribution >= 0.6 is 0 Å². The van der Waals surface area contributed by atoms with Gasteiger partial charge >= 0.3 is 0 Å². The van der Waals surface area contributed by atoms with Crippen LogP contribution < -0.4 is 10.1 Å². The molecule has 1 amide bonds. The summed E-state index contributed by atoms with van der Waals surface area (Å²) in [7, 11) is -3.40. The zero-order valence-electron chi connectivity index (χ0n) is 14.4. The van der Waals surface area contributed by atoms with E-state index in [1.54, 1.807) is 36.4 Å². The van der Waals surface area contributed by atoms with Gasteiger partial charge in [0.25, 0.3) is 5.91 Å². The third kappa shape index (κ3) is 4.62. The molecule has 1 aliphatic rings. The normalized spacial score (nSPS) is 14.9. The van der Waals surface area contributed by atoms with Crippen molar-refractivity contribution in [1.82, 2.24) is 9.62 Å². The topological polar surface area (TPSA) is 75.7 Å². The Labute approximate surface area is 153 Å². The molecule has 0 radical (unpaired) electrons. The number of nitrogens with one attached hydrogen (secondary N) is 1. The molecule has 3 rings (SSSR count). The van der Waals surface area contributed by atoms with E-state index in [0.717, 1.165) is 18.4 Å². The number of nitrogens with zero attached hydrogens (tertiary/aromatic N) is 1. The van der Waals surface area contributed by atoms with Crippen LogP contribution in [0, 0.1) is 0 Å². The number of benzene rings is 2. The van der Waals surface area contributed by atoms with Gasteiger partial charge < -0.3 is 10.1 Å². The number of amides is 1. The van der Waals surface area contributed by atoms with Crippen molar-refractivity contribution < 1.29 is 17.9 Å². The molecule has 0 aromatic heterocycles. The molecule has 0 saturated carbocycles.